The first-order valence-corrected chi connectivity index (χ1v) is 4.82. The molecule has 2 aromatic rings. The fraction of sp³-hybridized carbons (Fsp3) is 0.111. The Morgan fingerprint density at radius 2 is 1.80 bits per heavy atom. The minimum Gasteiger partial charge on any atom is -0.505 e. The Morgan fingerprint density at radius 1 is 1.20 bits per heavy atom. The average Bonchev–Trinajstić information content (AvgIpc) is 2.60. The molecule has 0 aliphatic rings. The molecule has 1 N–H and O–H groups in total. The zero-order valence-electron chi connectivity index (χ0n) is 7.66. The molecule has 0 saturated heterocycles. The number of hydrogen-bond acceptors (Lipinski definition) is 4. The summed E-state index contributed by atoms with van der Waals surface area (Å²) in [5.74, 6) is 0.611. The molecule has 0 radical (unpaired) electrons. The number of aryl methyl sites for hydroxylation is 1. The summed E-state index contributed by atoms with van der Waals surface area (Å²) in [6.45, 7) is 1.68. The standard InChI is InChI=1S/C9H6Cl2N2O2/c1-4-12-13-9(15-4)5-2-6(10)8(14)7(11)3-5/h2-3,14H,1H3. The van der Waals surface area contributed by atoms with Gasteiger partial charge in [-0.3, -0.25) is 0 Å². The molecule has 0 amide bonds. The van der Waals surface area contributed by atoms with Crippen molar-refractivity contribution >= 4 is 23.2 Å². The highest BCUT2D eigenvalue weighted by Crippen LogP contribution is 2.35. The molecule has 15 heavy (non-hydrogen) atoms. The number of phenolic OH excluding ortho intramolecular Hbond substituents is 1. The Morgan fingerprint density at radius 3 is 2.27 bits per heavy atom. The van der Waals surface area contributed by atoms with Gasteiger partial charge < -0.3 is 9.52 Å². The van der Waals surface area contributed by atoms with Gasteiger partial charge in [-0.1, -0.05) is 23.2 Å². The average molecular weight is 245 g/mol. The van der Waals surface area contributed by atoms with Crippen LogP contribution in [0, 0.1) is 6.92 Å². The molecule has 0 saturated carbocycles. The van der Waals surface area contributed by atoms with Crippen molar-refractivity contribution in [2.45, 2.75) is 6.92 Å². The van der Waals surface area contributed by atoms with Crippen LogP contribution in [0.1, 0.15) is 5.89 Å². The molecule has 0 unspecified atom stereocenters. The zero-order valence-corrected chi connectivity index (χ0v) is 9.17. The molecule has 6 heteroatoms. The van der Waals surface area contributed by atoms with Crippen LogP contribution < -0.4 is 0 Å². The molecule has 0 bridgehead atoms. The van der Waals surface area contributed by atoms with Crippen molar-refractivity contribution in [2.24, 2.45) is 0 Å². The molecule has 2 rings (SSSR count). The van der Waals surface area contributed by atoms with E-state index < -0.39 is 0 Å². The highest BCUT2D eigenvalue weighted by molar-refractivity contribution is 6.37. The number of hydrogen-bond donors (Lipinski definition) is 1. The van der Waals surface area contributed by atoms with Gasteiger partial charge in [0.2, 0.25) is 11.8 Å². The van der Waals surface area contributed by atoms with E-state index in [4.69, 9.17) is 27.6 Å². The number of halogens is 2. The predicted octanol–water partition coefficient (Wildman–Crippen LogP) is 3.06. The molecular formula is C9H6Cl2N2O2. The van der Waals surface area contributed by atoms with Gasteiger partial charge in [0.25, 0.3) is 0 Å². The largest absolute Gasteiger partial charge is 0.505 e. The fourth-order valence-electron chi connectivity index (χ4n) is 1.10. The highest BCUT2D eigenvalue weighted by Gasteiger charge is 2.11. The van der Waals surface area contributed by atoms with Crippen LogP contribution in [0.4, 0.5) is 0 Å². The molecule has 1 aromatic carbocycles. The minimum absolute atomic E-state index is 0.147. The third-order valence-corrected chi connectivity index (χ3v) is 2.37. The van der Waals surface area contributed by atoms with E-state index in [1.54, 1.807) is 6.92 Å². The number of benzene rings is 1. The Hall–Kier alpha value is -1.26. The number of aromatic hydroxyl groups is 1. The van der Waals surface area contributed by atoms with E-state index in [1.807, 2.05) is 0 Å². The van der Waals surface area contributed by atoms with E-state index in [1.165, 1.54) is 12.1 Å². The van der Waals surface area contributed by atoms with Gasteiger partial charge in [0.1, 0.15) is 0 Å². The molecule has 78 valence electrons. The van der Waals surface area contributed by atoms with E-state index in [2.05, 4.69) is 10.2 Å². The summed E-state index contributed by atoms with van der Waals surface area (Å²) in [6.07, 6.45) is 0. The monoisotopic (exact) mass is 244 g/mol. The van der Waals surface area contributed by atoms with Gasteiger partial charge in [0.15, 0.2) is 5.75 Å². The first-order chi connectivity index (χ1) is 7.08. The second kappa shape index (κ2) is 3.72. The maximum absolute atomic E-state index is 9.35. The maximum atomic E-state index is 9.35. The molecule has 0 fully saturated rings. The van der Waals surface area contributed by atoms with Crippen LogP contribution >= 0.6 is 23.2 Å². The van der Waals surface area contributed by atoms with E-state index in [9.17, 15) is 5.11 Å². The third-order valence-electron chi connectivity index (χ3n) is 1.79. The van der Waals surface area contributed by atoms with E-state index in [-0.39, 0.29) is 15.8 Å². The Labute approximate surface area is 95.5 Å². The quantitative estimate of drug-likeness (QED) is 0.838. The molecule has 0 aliphatic heterocycles. The van der Waals surface area contributed by atoms with Crippen LogP contribution in [0.2, 0.25) is 10.0 Å². The van der Waals surface area contributed by atoms with Crippen LogP contribution in [0.3, 0.4) is 0 Å². The molecular weight excluding hydrogens is 239 g/mol. The number of rotatable bonds is 1. The lowest BCUT2D eigenvalue weighted by Crippen LogP contribution is -1.80. The Balaban J connectivity index is 2.55. The first kappa shape index (κ1) is 10.3. The van der Waals surface area contributed by atoms with Crippen LogP contribution in [-0.2, 0) is 0 Å². The molecule has 1 heterocycles. The lowest BCUT2D eigenvalue weighted by atomic mass is 10.2. The normalized spacial score (nSPS) is 10.6. The van der Waals surface area contributed by atoms with Crippen LogP contribution in [0.15, 0.2) is 16.5 Å². The van der Waals surface area contributed by atoms with Gasteiger partial charge in [-0.2, -0.15) is 0 Å². The van der Waals surface area contributed by atoms with Crippen molar-refractivity contribution in [3.05, 3.63) is 28.1 Å². The van der Waals surface area contributed by atoms with Gasteiger partial charge >= 0.3 is 0 Å². The SMILES string of the molecule is Cc1nnc(-c2cc(Cl)c(O)c(Cl)c2)o1. The second-order valence-corrected chi connectivity index (χ2v) is 3.73. The van der Waals surface area contributed by atoms with Gasteiger partial charge in [0.05, 0.1) is 10.0 Å². The second-order valence-electron chi connectivity index (χ2n) is 2.91. The maximum Gasteiger partial charge on any atom is 0.247 e. The van der Waals surface area contributed by atoms with Crippen molar-refractivity contribution in [2.75, 3.05) is 0 Å². The molecule has 0 spiro atoms. The zero-order chi connectivity index (χ0) is 11.0. The first-order valence-electron chi connectivity index (χ1n) is 4.06. The van der Waals surface area contributed by atoms with Gasteiger partial charge in [-0.25, -0.2) is 0 Å². The topological polar surface area (TPSA) is 59.2 Å². The lowest BCUT2D eigenvalue weighted by molar-refractivity contribution is 0.476. The number of aromatic nitrogens is 2. The number of nitrogens with zero attached hydrogens (tertiary/aromatic N) is 2. The smallest absolute Gasteiger partial charge is 0.247 e. The molecule has 4 nitrogen and oxygen atoms in total. The van der Waals surface area contributed by atoms with Crippen LogP contribution in [-0.4, -0.2) is 15.3 Å². The van der Waals surface area contributed by atoms with Gasteiger partial charge in [-0.15, -0.1) is 10.2 Å². The van der Waals surface area contributed by atoms with Gasteiger partial charge in [-0.05, 0) is 12.1 Å². The third kappa shape index (κ3) is 1.91. The summed E-state index contributed by atoms with van der Waals surface area (Å²) < 4.78 is 5.20. The fourth-order valence-corrected chi connectivity index (χ4v) is 1.59. The van der Waals surface area contributed by atoms with E-state index >= 15 is 0 Å². The number of phenols is 1. The highest BCUT2D eigenvalue weighted by atomic mass is 35.5. The molecule has 0 atom stereocenters. The van der Waals surface area contributed by atoms with E-state index in [0.29, 0.717) is 17.3 Å². The Bertz CT molecular complexity index is 488. The van der Waals surface area contributed by atoms with Crippen LogP contribution in [0.5, 0.6) is 5.75 Å². The van der Waals surface area contributed by atoms with Crippen molar-refractivity contribution in [1.82, 2.24) is 10.2 Å². The summed E-state index contributed by atoms with van der Waals surface area (Å²) in [7, 11) is 0. The minimum atomic E-state index is -0.154. The summed E-state index contributed by atoms with van der Waals surface area (Å²) in [4.78, 5) is 0. The predicted molar refractivity (Wildman–Crippen MR) is 56.2 cm³/mol. The van der Waals surface area contributed by atoms with E-state index in [0.717, 1.165) is 0 Å². The molecule has 0 aliphatic carbocycles. The van der Waals surface area contributed by atoms with Crippen LogP contribution in [0.25, 0.3) is 11.5 Å². The van der Waals surface area contributed by atoms with Crippen molar-refractivity contribution < 1.29 is 9.52 Å². The summed E-state index contributed by atoms with van der Waals surface area (Å²) in [6, 6.07) is 3.02. The van der Waals surface area contributed by atoms with Crippen molar-refractivity contribution in [1.29, 1.82) is 0 Å². The molecule has 1 aromatic heterocycles. The summed E-state index contributed by atoms with van der Waals surface area (Å²) >= 11 is 11.5. The summed E-state index contributed by atoms with van der Waals surface area (Å²) in [5, 5.41) is 17.1. The van der Waals surface area contributed by atoms with Gasteiger partial charge in [0, 0.05) is 12.5 Å². The summed E-state index contributed by atoms with van der Waals surface area (Å²) in [5.41, 5.74) is 0.573. The van der Waals surface area contributed by atoms with Crippen molar-refractivity contribution in [3.8, 4) is 17.2 Å². The lowest BCUT2D eigenvalue weighted by Gasteiger charge is -2.01. The van der Waals surface area contributed by atoms with Crippen molar-refractivity contribution in [3.63, 3.8) is 0 Å². The Kier molecular flexibility index (Phi) is 2.54.